The number of aromatic nitrogens is 1. The molecule has 3 aromatic rings. The topological polar surface area (TPSA) is 106 Å². The van der Waals surface area contributed by atoms with Crippen molar-refractivity contribution in [2.24, 2.45) is 5.92 Å². The Bertz CT molecular complexity index is 1130. The van der Waals surface area contributed by atoms with Crippen molar-refractivity contribution in [2.75, 3.05) is 5.32 Å². The first kappa shape index (κ1) is 21.8. The molecule has 4 rings (SSSR count). The van der Waals surface area contributed by atoms with Crippen LogP contribution in [0.4, 0.5) is 5.13 Å². The molecule has 1 aliphatic rings. The van der Waals surface area contributed by atoms with E-state index in [4.69, 9.17) is 0 Å². The van der Waals surface area contributed by atoms with E-state index < -0.39 is 11.8 Å². The quantitative estimate of drug-likeness (QED) is 0.427. The molecule has 32 heavy (non-hydrogen) atoms. The van der Waals surface area contributed by atoms with E-state index in [9.17, 15) is 20.3 Å². The second-order valence-corrected chi connectivity index (χ2v) is 9.05. The Hall–Kier alpha value is -3.37. The van der Waals surface area contributed by atoms with Gasteiger partial charge in [-0.2, -0.15) is 5.26 Å². The van der Waals surface area contributed by atoms with Crippen LogP contribution < -0.4 is 5.32 Å². The number of phenols is 2. The zero-order valence-corrected chi connectivity index (χ0v) is 18.4. The summed E-state index contributed by atoms with van der Waals surface area (Å²) in [5, 5.41) is 33.5. The van der Waals surface area contributed by atoms with E-state index >= 15 is 0 Å². The lowest BCUT2D eigenvalue weighted by atomic mass is 9.84. The van der Waals surface area contributed by atoms with Gasteiger partial charge in [-0.3, -0.25) is 4.79 Å². The van der Waals surface area contributed by atoms with Crippen LogP contribution in [0.15, 0.2) is 47.8 Å². The fourth-order valence-corrected chi connectivity index (χ4v) is 4.87. The number of anilines is 1. The molecule has 0 bridgehead atoms. The smallest absolute Gasteiger partial charge is 0.243 e. The monoisotopic (exact) mass is 447 g/mol. The van der Waals surface area contributed by atoms with Gasteiger partial charge in [-0.25, -0.2) is 4.98 Å². The number of carbonyl (C=O) groups excluding carboxylic acids is 1. The van der Waals surface area contributed by atoms with Gasteiger partial charge in [0.2, 0.25) is 5.91 Å². The maximum atomic E-state index is 12.6. The van der Waals surface area contributed by atoms with Gasteiger partial charge in [0.1, 0.15) is 5.92 Å². The molecule has 2 aromatic carbocycles. The number of nitrogens with zero attached hydrogens (tertiary/aromatic N) is 2. The van der Waals surface area contributed by atoms with Crippen molar-refractivity contribution in [3.8, 4) is 28.8 Å². The summed E-state index contributed by atoms with van der Waals surface area (Å²) >= 11 is 1.32. The Balaban J connectivity index is 1.40. The first-order chi connectivity index (χ1) is 15.5. The van der Waals surface area contributed by atoms with Gasteiger partial charge in [-0.15, -0.1) is 11.3 Å². The summed E-state index contributed by atoms with van der Waals surface area (Å²) in [6, 6.07) is 14.8. The normalized spacial score (nSPS) is 15.1. The fourth-order valence-electron chi connectivity index (χ4n) is 4.15. The number of hydrogen-bond acceptors (Lipinski definition) is 6. The minimum Gasteiger partial charge on any atom is -0.504 e. The summed E-state index contributed by atoms with van der Waals surface area (Å²) in [6.45, 7) is 0. The number of amides is 1. The zero-order chi connectivity index (χ0) is 22.5. The predicted octanol–water partition coefficient (Wildman–Crippen LogP) is 5.59. The van der Waals surface area contributed by atoms with Gasteiger partial charge < -0.3 is 15.5 Å². The van der Waals surface area contributed by atoms with Crippen LogP contribution in [0.2, 0.25) is 0 Å². The van der Waals surface area contributed by atoms with Gasteiger partial charge >= 0.3 is 0 Å². The molecule has 164 valence electrons. The van der Waals surface area contributed by atoms with Gasteiger partial charge in [-0.1, -0.05) is 49.6 Å². The van der Waals surface area contributed by atoms with Gasteiger partial charge in [0.25, 0.3) is 0 Å². The average Bonchev–Trinajstić information content (AvgIpc) is 3.28. The second-order valence-electron chi connectivity index (χ2n) is 8.19. The summed E-state index contributed by atoms with van der Waals surface area (Å²) in [4.78, 5) is 17.1. The molecule has 0 aliphatic heterocycles. The van der Waals surface area contributed by atoms with Gasteiger partial charge in [0.05, 0.1) is 11.8 Å². The molecule has 0 saturated heterocycles. The molecule has 0 spiro atoms. The lowest BCUT2D eigenvalue weighted by Crippen LogP contribution is -2.23. The molecule has 1 aromatic heterocycles. The van der Waals surface area contributed by atoms with Crippen molar-refractivity contribution in [1.82, 2.24) is 4.98 Å². The molecular weight excluding hydrogens is 422 g/mol. The Morgan fingerprint density at radius 2 is 1.88 bits per heavy atom. The largest absolute Gasteiger partial charge is 0.504 e. The number of nitrogens with one attached hydrogen (secondary N) is 1. The molecule has 1 unspecified atom stereocenters. The highest BCUT2D eigenvalue weighted by Gasteiger charge is 2.21. The number of thiazole rings is 1. The Morgan fingerprint density at radius 3 is 2.56 bits per heavy atom. The van der Waals surface area contributed by atoms with Crippen LogP contribution in [0, 0.1) is 17.2 Å². The summed E-state index contributed by atoms with van der Waals surface area (Å²) in [5.41, 5.74) is 3.75. The molecular formula is C25H25N3O3S. The number of rotatable bonds is 6. The highest BCUT2D eigenvalue weighted by atomic mass is 32.1. The van der Waals surface area contributed by atoms with Crippen LogP contribution >= 0.6 is 11.3 Å². The molecule has 1 atom stereocenters. The van der Waals surface area contributed by atoms with Crippen molar-refractivity contribution in [1.29, 1.82) is 5.26 Å². The van der Waals surface area contributed by atoms with E-state index in [0.29, 0.717) is 16.6 Å². The maximum absolute atomic E-state index is 12.6. The van der Waals surface area contributed by atoms with E-state index in [1.165, 1.54) is 61.1 Å². The van der Waals surface area contributed by atoms with Crippen molar-refractivity contribution in [3.05, 3.63) is 59.0 Å². The number of aromatic hydroxyl groups is 2. The fraction of sp³-hybridized carbons (Fsp3) is 0.320. The number of nitriles is 1. The number of carbonyl (C=O) groups is 1. The number of phenolic OH excluding ortho intramolecular Hbond substituents is 2. The van der Waals surface area contributed by atoms with E-state index in [1.807, 2.05) is 11.4 Å². The second kappa shape index (κ2) is 9.84. The molecule has 1 fully saturated rings. The minimum atomic E-state index is -0.943. The SMILES string of the molecule is N#CC(Cc1ccc(O)c(O)c1)C(=O)Nc1nc(-c2ccc(C3CCCCC3)cc2)cs1. The predicted molar refractivity (Wildman–Crippen MR) is 125 cm³/mol. The molecule has 3 N–H and O–H groups in total. The van der Waals surface area contributed by atoms with E-state index in [2.05, 4.69) is 34.6 Å². The van der Waals surface area contributed by atoms with E-state index in [1.54, 1.807) is 6.07 Å². The standard InChI is InChI=1S/C25H25N3O3S/c26-14-20(12-16-6-11-22(29)23(30)13-16)24(31)28-25-27-21(15-32-25)19-9-7-18(8-10-19)17-4-2-1-3-5-17/h6-11,13,15,17,20,29-30H,1-5,12H2,(H,27,28,31). The van der Waals surface area contributed by atoms with Crippen LogP contribution in [-0.4, -0.2) is 21.1 Å². The Morgan fingerprint density at radius 1 is 1.12 bits per heavy atom. The molecule has 1 heterocycles. The van der Waals surface area contributed by atoms with Gasteiger partial charge in [-0.05, 0) is 48.4 Å². The van der Waals surface area contributed by atoms with Crippen LogP contribution in [0.3, 0.4) is 0 Å². The highest BCUT2D eigenvalue weighted by Crippen LogP contribution is 2.34. The van der Waals surface area contributed by atoms with Gasteiger partial charge in [0, 0.05) is 10.9 Å². The number of hydrogen-bond donors (Lipinski definition) is 3. The van der Waals surface area contributed by atoms with E-state index in [-0.39, 0.29) is 17.9 Å². The first-order valence-electron chi connectivity index (χ1n) is 10.8. The van der Waals surface area contributed by atoms with Crippen LogP contribution in [0.1, 0.15) is 49.1 Å². The van der Waals surface area contributed by atoms with Crippen LogP contribution in [-0.2, 0) is 11.2 Å². The maximum Gasteiger partial charge on any atom is 0.243 e. The lowest BCUT2D eigenvalue weighted by Gasteiger charge is -2.22. The first-order valence-corrected chi connectivity index (χ1v) is 11.7. The summed E-state index contributed by atoms with van der Waals surface area (Å²) in [5.74, 6) is -1.26. The van der Waals surface area contributed by atoms with Crippen molar-refractivity contribution >= 4 is 22.4 Å². The minimum absolute atomic E-state index is 0.122. The molecule has 1 aliphatic carbocycles. The zero-order valence-electron chi connectivity index (χ0n) is 17.6. The van der Waals surface area contributed by atoms with Crippen molar-refractivity contribution in [2.45, 2.75) is 44.4 Å². The molecule has 0 radical (unpaired) electrons. The summed E-state index contributed by atoms with van der Waals surface area (Å²) in [7, 11) is 0. The van der Waals surface area contributed by atoms with Gasteiger partial charge in [0.15, 0.2) is 16.6 Å². The lowest BCUT2D eigenvalue weighted by molar-refractivity contribution is -0.118. The average molecular weight is 448 g/mol. The summed E-state index contributed by atoms with van der Waals surface area (Å²) in [6.07, 6.45) is 6.59. The molecule has 6 nitrogen and oxygen atoms in total. The molecule has 1 amide bonds. The Labute approximate surface area is 191 Å². The van der Waals surface area contributed by atoms with Crippen molar-refractivity contribution < 1.29 is 15.0 Å². The third kappa shape index (κ3) is 5.09. The van der Waals surface area contributed by atoms with Crippen molar-refractivity contribution in [3.63, 3.8) is 0 Å². The van der Waals surface area contributed by atoms with Crippen LogP contribution in [0.5, 0.6) is 11.5 Å². The van der Waals surface area contributed by atoms with E-state index in [0.717, 1.165) is 11.3 Å². The summed E-state index contributed by atoms with van der Waals surface area (Å²) < 4.78 is 0. The molecule has 1 saturated carbocycles. The third-order valence-corrected chi connectivity index (χ3v) is 6.73. The van der Waals surface area contributed by atoms with Crippen LogP contribution in [0.25, 0.3) is 11.3 Å². The third-order valence-electron chi connectivity index (χ3n) is 5.97. The molecule has 7 heteroatoms. The Kier molecular flexibility index (Phi) is 6.72. The number of benzene rings is 2. The highest BCUT2D eigenvalue weighted by molar-refractivity contribution is 7.14.